The third-order valence-electron chi connectivity index (χ3n) is 4.78. The summed E-state index contributed by atoms with van der Waals surface area (Å²) in [4.78, 5) is 18.8. The Hall–Kier alpha value is -2.38. The van der Waals surface area contributed by atoms with Gasteiger partial charge in [0.1, 0.15) is 0 Å². The molecule has 4 rings (SSSR count). The van der Waals surface area contributed by atoms with E-state index < -0.39 is 0 Å². The summed E-state index contributed by atoms with van der Waals surface area (Å²) in [7, 11) is 0. The van der Waals surface area contributed by atoms with Crippen molar-refractivity contribution in [2.75, 3.05) is 18.4 Å². The van der Waals surface area contributed by atoms with Gasteiger partial charge in [0.2, 0.25) is 11.7 Å². The predicted molar refractivity (Wildman–Crippen MR) is 111 cm³/mol. The molecule has 1 aliphatic rings. The van der Waals surface area contributed by atoms with Crippen LogP contribution in [0.15, 0.2) is 57.5 Å². The third-order valence-corrected chi connectivity index (χ3v) is 5.64. The highest BCUT2D eigenvalue weighted by Gasteiger charge is 2.28. The fourth-order valence-corrected chi connectivity index (χ4v) is 3.70. The SMILES string of the molecule is O=C(Nc1ccc(Br)cc1)N1CCC(c2nc(-c3ccccc3Cl)no2)CC1. The number of nitrogens with zero attached hydrogens (tertiary/aromatic N) is 3. The van der Waals surface area contributed by atoms with Crippen LogP contribution in [0.1, 0.15) is 24.7 Å². The van der Waals surface area contributed by atoms with Gasteiger partial charge in [-0.3, -0.25) is 0 Å². The molecule has 1 N–H and O–H groups in total. The number of aromatic nitrogens is 2. The molecular formula is C20H18BrClN4O2. The third kappa shape index (κ3) is 4.20. The summed E-state index contributed by atoms with van der Waals surface area (Å²) >= 11 is 9.59. The van der Waals surface area contributed by atoms with E-state index >= 15 is 0 Å². The van der Waals surface area contributed by atoms with Crippen molar-refractivity contribution in [1.29, 1.82) is 0 Å². The molecule has 2 heterocycles. The van der Waals surface area contributed by atoms with Crippen LogP contribution in [0.25, 0.3) is 11.4 Å². The largest absolute Gasteiger partial charge is 0.339 e. The molecule has 144 valence electrons. The summed E-state index contributed by atoms with van der Waals surface area (Å²) < 4.78 is 6.45. The number of nitrogens with one attached hydrogen (secondary N) is 1. The molecule has 0 aliphatic carbocycles. The average Bonchev–Trinajstić information content (AvgIpc) is 3.20. The van der Waals surface area contributed by atoms with Crippen molar-refractivity contribution in [2.45, 2.75) is 18.8 Å². The van der Waals surface area contributed by atoms with Gasteiger partial charge in [-0.1, -0.05) is 44.8 Å². The van der Waals surface area contributed by atoms with E-state index in [1.54, 1.807) is 6.07 Å². The summed E-state index contributed by atoms with van der Waals surface area (Å²) in [5.41, 5.74) is 1.53. The van der Waals surface area contributed by atoms with Crippen LogP contribution in [0.5, 0.6) is 0 Å². The van der Waals surface area contributed by atoms with Crippen LogP contribution in [0.3, 0.4) is 0 Å². The number of carbonyl (C=O) groups is 1. The number of anilines is 1. The molecule has 1 fully saturated rings. The molecule has 0 radical (unpaired) electrons. The number of amides is 2. The summed E-state index contributed by atoms with van der Waals surface area (Å²) in [6.45, 7) is 1.27. The fraction of sp³-hybridized carbons (Fsp3) is 0.250. The maximum atomic E-state index is 12.5. The van der Waals surface area contributed by atoms with Gasteiger partial charge in [-0.15, -0.1) is 0 Å². The van der Waals surface area contributed by atoms with Gasteiger partial charge in [-0.25, -0.2) is 4.79 Å². The minimum absolute atomic E-state index is 0.0944. The Balaban J connectivity index is 1.36. The summed E-state index contributed by atoms with van der Waals surface area (Å²) in [5.74, 6) is 1.24. The highest BCUT2D eigenvalue weighted by Crippen LogP contribution is 2.30. The van der Waals surface area contributed by atoms with Crippen LogP contribution in [0, 0.1) is 0 Å². The summed E-state index contributed by atoms with van der Waals surface area (Å²) in [6.07, 6.45) is 1.55. The van der Waals surface area contributed by atoms with Gasteiger partial charge < -0.3 is 14.7 Å². The smallest absolute Gasteiger partial charge is 0.321 e. The van der Waals surface area contributed by atoms with E-state index in [2.05, 4.69) is 31.4 Å². The molecule has 0 spiro atoms. The minimum atomic E-state index is -0.0944. The lowest BCUT2D eigenvalue weighted by Crippen LogP contribution is -2.40. The first-order valence-electron chi connectivity index (χ1n) is 9.00. The van der Waals surface area contributed by atoms with E-state index in [4.69, 9.17) is 16.1 Å². The number of rotatable bonds is 3. The van der Waals surface area contributed by atoms with Crippen molar-refractivity contribution < 1.29 is 9.32 Å². The van der Waals surface area contributed by atoms with Gasteiger partial charge in [0.25, 0.3) is 0 Å². The molecule has 6 nitrogen and oxygen atoms in total. The van der Waals surface area contributed by atoms with Crippen LogP contribution in [0.2, 0.25) is 5.02 Å². The van der Waals surface area contributed by atoms with Gasteiger partial charge >= 0.3 is 6.03 Å². The van der Waals surface area contributed by atoms with E-state index in [9.17, 15) is 4.79 Å². The molecule has 1 saturated heterocycles. The Labute approximate surface area is 176 Å². The van der Waals surface area contributed by atoms with E-state index in [-0.39, 0.29) is 11.9 Å². The van der Waals surface area contributed by atoms with Gasteiger partial charge in [-0.2, -0.15) is 4.98 Å². The number of benzene rings is 2. The molecule has 0 saturated carbocycles. The lowest BCUT2D eigenvalue weighted by Gasteiger charge is -2.30. The quantitative estimate of drug-likeness (QED) is 0.554. The lowest BCUT2D eigenvalue weighted by molar-refractivity contribution is 0.187. The van der Waals surface area contributed by atoms with E-state index in [0.717, 1.165) is 28.6 Å². The summed E-state index contributed by atoms with van der Waals surface area (Å²) in [6, 6.07) is 14.8. The van der Waals surface area contributed by atoms with Crippen LogP contribution in [-0.2, 0) is 0 Å². The minimum Gasteiger partial charge on any atom is -0.339 e. The van der Waals surface area contributed by atoms with Crippen molar-refractivity contribution in [1.82, 2.24) is 15.0 Å². The van der Waals surface area contributed by atoms with Crippen LogP contribution in [-0.4, -0.2) is 34.2 Å². The second-order valence-corrected chi connectivity index (χ2v) is 7.96. The van der Waals surface area contributed by atoms with Gasteiger partial charge in [0, 0.05) is 34.7 Å². The van der Waals surface area contributed by atoms with Crippen molar-refractivity contribution >= 4 is 39.2 Å². The highest BCUT2D eigenvalue weighted by atomic mass is 79.9. The molecule has 3 aromatic rings. The van der Waals surface area contributed by atoms with Crippen molar-refractivity contribution in [2.24, 2.45) is 0 Å². The molecular weight excluding hydrogens is 444 g/mol. The molecule has 1 aliphatic heterocycles. The number of urea groups is 1. The second kappa shape index (κ2) is 8.32. The number of hydrogen-bond donors (Lipinski definition) is 1. The van der Waals surface area contributed by atoms with Crippen molar-refractivity contribution in [3.8, 4) is 11.4 Å². The zero-order chi connectivity index (χ0) is 19.5. The molecule has 2 amide bonds. The Morgan fingerprint density at radius 3 is 2.57 bits per heavy atom. The van der Waals surface area contributed by atoms with Crippen molar-refractivity contribution in [3.63, 3.8) is 0 Å². The number of halogens is 2. The van der Waals surface area contributed by atoms with Crippen LogP contribution in [0.4, 0.5) is 10.5 Å². The zero-order valence-corrected chi connectivity index (χ0v) is 17.3. The normalized spacial score (nSPS) is 14.9. The lowest BCUT2D eigenvalue weighted by atomic mass is 9.97. The first-order chi connectivity index (χ1) is 13.6. The number of piperidine rings is 1. The Morgan fingerprint density at radius 1 is 1.14 bits per heavy atom. The van der Waals surface area contributed by atoms with Gasteiger partial charge in [0.15, 0.2) is 0 Å². The molecule has 8 heteroatoms. The van der Waals surface area contributed by atoms with Gasteiger partial charge in [-0.05, 0) is 49.2 Å². The number of carbonyl (C=O) groups excluding carboxylic acids is 1. The standard InChI is InChI=1S/C20H18BrClN4O2/c21-14-5-7-15(8-6-14)23-20(27)26-11-9-13(10-12-26)19-24-18(25-28-19)16-3-1-2-4-17(16)22/h1-8,13H,9-12H2,(H,23,27). The summed E-state index contributed by atoms with van der Waals surface area (Å²) in [5, 5.41) is 7.59. The molecule has 0 atom stereocenters. The molecule has 28 heavy (non-hydrogen) atoms. The van der Waals surface area contributed by atoms with Crippen molar-refractivity contribution in [3.05, 3.63) is 63.9 Å². The first kappa shape index (κ1) is 19.0. The molecule has 2 aromatic carbocycles. The van der Waals surface area contributed by atoms with E-state index in [0.29, 0.717) is 29.8 Å². The zero-order valence-electron chi connectivity index (χ0n) is 14.9. The van der Waals surface area contributed by atoms with Crippen LogP contribution >= 0.6 is 27.5 Å². The maximum Gasteiger partial charge on any atom is 0.321 e. The Kier molecular flexibility index (Phi) is 5.64. The fourth-order valence-electron chi connectivity index (χ4n) is 3.22. The highest BCUT2D eigenvalue weighted by molar-refractivity contribution is 9.10. The molecule has 0 bridgehead atoms. The topological polar surface area (TPSA) is 71.3 Å². The van der Waals surface area contributed by atoms with E-state index in [1.165, 1.54) is 0 Å². The Morgan fingerprint density at radius 2 is 1.86 bits per heavy atom. The molecule has 0 unspecified atom stereocenters. The number of hydrogen-bond acceptors (Lipinski definition) is 4. The number of likely N-dealkylation sites (tertiary alicyclic amines) is 1. The van der Waals surface area contributed by atoms with E-state index in [1.807, 2.05) is 47.4 Å². The first-order valence-corrected chi connectivity index (χ1v) is 10.2. The second-order valence-electron chi connectivity index (χ2n) is 6.63. The van der Waals surface area contributed by atoms with Gasteiger partial charge in [0.05, 0.1) is 5.02 Å². The predicted octanol–water partition coefficient (Wildman–Crippen LogP) is 5.56. The Bertz CT molecular complexity index is 968. The monoisotopic (exact) mass is 460 g/mol. The van der Waals surface area contributed by atoms with Crippen LogP contribution < -0.4 is 5.32 Å². The molecule has 1 aromatic heterocycles. The average molecular weight is 462 g/mol. The maximum absolute atomic E-state index is 12.5.